The van der Waals surface area contributed by atoms with E-state index in [1.165, 1.54) is 0 Å². The lowest BCUT2D eigenvalue weighted by atomic mass is 10.1. The van der Waals surface area contributed by atoms with E-state index in [4.69, 9.17) is 25.8 Å². The Kier molecular flexibility index (Phi) is 4.71. The van der Waals surface area contributed by atoms with Crippen molar-refractivity contribution in [1.29, 1.82) is 0 Å². The number of morpholine rings is 1. The molecule has 1 aromatic carbocycles. The van der Waals surface area contributed by atoms with Gasteiger partial charge in [0.1, 0.15) is 0 Å². The van der Waals surface area contributed by atoms with Crippen LogP contribution in [0.15, 0.2) is 12.1 Å². The molecular formula is C15H19ClN2O4. The molecule has 1 N–H and O–H groups in total. The Morgan fingerprint density at radius 3 is 2.91 bits per heavy atom. The smallest absolute Gasteiger partial charge is 0.251 e. The van der Waals surface area contributed by atoms with E-state index in [0.29, 0.717) is 28.6 Å². The molecule has 0 bridgehead atoms. The van der Waals surface area contributed by atoms with Crippen LogP contribution in [0.4, 0.5) is 0 Å². The molecule has 0 spiro atoms. The van der Waals surface area contributed by atoms with Crippen LogP contribution in [0.2, 0.25) is 5.02 Å². The Morgan fingerprint density at radius 1 is 1.36 bits per heavy atom. The van der Waals surface area contributed by atoms with Gasteiger partial charge in [-0.1, -0.05) is 11.6 Å². The van der Waals surface area contributed by atoms with E-state index in [2.05, 4.69) is 17.1 Å². The molecule has 120 valence electrons. The standard InChI is InChI=1S/C15H19ClN2O4/c1-10(18-2-4-20-5-3-18)8-17-15(19)11-6-12(16)14-13(7-11)21-9-22-14/h6-7,10H,2-5,8-9H2,1H3,(H,17,19)/t10-/m0/s1. The summed E-state index contributed by atoms with van der Waals surface area (Å²) in [4.78, 5) is 14.6. The number of rotatable bonds is 4. The molecule has 0 aromatic heterocycles. The summed E-state index contributed by atoms with van der Waals surface area (Å²) >= 11 is 6.10. The number of fused-ring (bicyclic) bond motifs is 1. The van der Waals surface area contributed by atoms with Gasteiger partial charge in [-0.2, -0.15) is 0 Å². The molecule has 0 unspecified atom stereocenters. The highest BCUT2D eigenvalue weighted by Gasteiger charge is 2.22. The van der Waals surface area contributed by atoms with Gasteiger partial charge in [-0.3, -0.25) is 9.69 Å². The zero-order valence-electron chi connectivity index (χ0n) is 12.4. The van der Waals surface area contributed by atoms with Gasteiger partial charge in [0.2, 0.25) is 6.79 Å². The number of carbonyl (C=O) groups excluding carboxylic acids is 1. The number of hydrogen-bond acceptors (Lipinski definition) is 5. The SMILES string of the molecule is C[C@@H](CNC(=O)c1cc(Cl)c2c(c1)OCO2)N1CCOCC1. The topological polar surface area (TPSA) is 60.0 Å². The highest BCUT2D eigenvalue weighted by molar-refractivity contribution is 6.32. The van der Waals surface area contributed by atoms with Crippen LogP contribution in [0.3, 0.4) is 0 Å². The molecule has 0 saturated carbocycles. The van der Waals surface area contributed by atoms with E-state index in [1.807, 2.05) is 0 Å². The van der Waals surface area contributed by atoms with Crippen LogP contribution in [-0.2, 0) is 4.74 Å². The second-order valence-electron chi connectivity index (χ2n) is 5.40. The molecule has 3 rings (SSSR count). The van der Waals surface area contributed by atoms with Crippen LogP contribution in [0, 0.1) is 0 Å². The van der Waals surface area contributed by atoms with Gasteiger partial charge in [0.25, 0.3) is 5.91 Å². The minimum Gasteiger partial charge on any atom is -0.454 e. The summed E-state index contributed by atoms with van der Waals surface area (Å²) in [5, 5.41) is 3.33. The zero-order valence-corrected chi connectivity index (χ0v) is 13.2. The van der Waals surface area contributed by atoms with E-state index in [-0.39, 0.29) is 18.7 Å². The summed E-state index contributed by atoms with van der Waals surface area (Å²) in [5.41, 5.74) is 0.475. The summed E-state index contributed by atoms with van der Waals surface area (Å²) in [7, 11) is 0. The molecule has 6 nitrogen and oxygen atoms in total. The van der Waals surface area contributed by atoms with Gasteiger partial charge < -0.3 is 19.5 Å². The second kappa shape index (κ2) is 6.73. The predicted octanol–water partition coefficient (Wildman–Crippen LogP) is 1.52. The van der Waals surface area contributed by atoms with Gasteiger partial charge in [-0.05, 0) is 19.1 Å². The second-order valence-corrected chi connectivity index (χ2v) is 5.81. The van der Waals surface area contributed by atoms with Crippen LogP contribution < -0.4 is 14.8 Å². The fraction of sp³-hybridized carbons (Fsp3) is 0.533. The zero-order chi connectivity index (χ0) is 15.5. The molecule has 2 aliphatic heterocycles. The molecule has 1 fully saturated rings. The van der Waals surface area contributed by atoms with E-state index in [9.17, 15) is 4.79 Å². The van der Waals surface area contributed by atoms with Crippen molar-refractivity contribution < 1.29 is 19.0 Å². The largest absolute Gasteiger partial charge is 0.454 e. The van der Waals surface area contributed by atoms with Gasteiger partial charge in [0.05, 0.1) is 18.2 Å². The molecule has 0 aliphatic carbocycles. The lowest BCUT2D eigenvalue weighted by Gasteiger charge is -2.32. The Labute approximate surface area is 134 Å². The van der Waals surface area contributed by atoms with Crippen LogP contribution in [-0.4, -0.2) is 56.5 Å². The Bertz CT molecular complexity index is 561. The molecule has 1 saturated heterocycles. The van der Waals surface area contributed by atoms with Crippen LogP contribution >= 0.6 is 11.6 Å². The number of hydrogen-bond donors (Lipinski definition) is 1. The Hall–Kier alpha value is -1.50. The summed E-state index contributed by atoms with van der Waals surface area (Å²) in [6.07, 6.45) is 0. The average molecular weight is 327 g/mol. The van der Waals surface area contributed by atoms with Crippen molar-refractivity contribution in [2.45, 2.75) is 13.0 Å². The Balaban J connectivity index is 1.59. The third-order valence-corrected chi connectivity index (χ3v) is 4.20. The van der Waals surface area contributed by atoms with Crippen molar-refractivity contribution in [3.63, 3.8) is 0 Å². The maximum atomic E-state index is 12.3. The first-order valence-corrected chi connectivity index (χ1v) is 7.72. The maximum Gasteiger partial charge on any atom is 0.251 e. The first kappa shape index (κ1) is 15.4. The monoisotopic (exact) mass is 326 g/mol. The third-order valence-electron chi connectivity index (χ3n) is 3.92. The van der Waals surface area contributed by atoms with Crippen molar-refractivity contribution >= 4 is 17.5 Å². The fourth-order valence-corrected chi connectivity index (χ4v) is 2.85. The Morgan fingerprint density at radius 2 is 2.14 bits per heavy atom. The number of halogens is 1. The first-order chi connectivity index (χ1) is 10.6. The molecule has 2 aliphatic rings. The summed E-state index contributed by atoms with van der Waals surface area (Å²) in [6.45, 7) is 6.09. The molecule has 22 heavy (non-hydrogen) atoms. The predicted molar refractivity (Wildman–Crippen MR) is 81.8 cm³/mol. The fourth-order valence-electron chi connectivity index (χ4n) is 2.59. The maximum absolute atomic E-state index is 12.3. The molecular weight excluding hydrogens is 308 g/mol. The first-order valence-electron chi connectivity index (χ1n) is 7.34. The van der Waals surface area contributed by atoms with Crippen LogP contribution in [0.25, 0.3) is 0 Å². The van der Waals surface area contributed by atoms with E-state index in [0.717, 1.165) is 26.3 Å². The number of amides is 1. The summed E-state index contributed by atoms with van der Waals surface area (Å²) in [6, 6.07) is 3.52. The lowest BCUT2D eigenvalue weighted by Crippen LogP contribution is -2.47. The van der Waals surface area contributed by atoms with Gasteiger partial charge in [-0.25, -0.2) is 0 Å². The van der Waals surface area contributed by atoms with Gasteiger partial charge in [0, 0.05) is 31.2 Å². The molecule has 0 radical (unpaired) electrons. The number of nitrogens with zero attached hydrogens (tertiary/aromatic N) is 1. The van der Waals surface area contributed by atoms with Crippen molar-refractivity contribution in [3.8, 4) is 11.5 Å². The molecule has 1 aromatic rings. The number of ether oxygens (including phenoxy) is 3. The summed E-state index contributed by atoms with van der Waals surface area (Å²) < 4.78 is 15.9. The third kappa shape index (κ3) is 3.29. The number of carbonyl (C=O) groups is 1. The van der Waals surface area contributed by atoms with Crippen LogP contribution in [0.1, 0.15) is 17.3 Å². The van der Waals surface area contributed by atoms with Crippen molar-refractivity contribution in [2.24, 2.45) is 0 Å². The quantitative estimate of drug-likeness (QED) is 0.909. The lowest BCUT2D eigenvalue weighted by molar-refractivity contribution is 0.0204. The normalized spacial score (nSPS) is 19.0. The van der Waals surface area contributed by atoms with Crippen molar-refractivity contribution in [3.05, 3.63) is 22.7 Å². The van der Waals surface area contributed by atoms with E-state index in [1.54, 1.807) is 12.1 Å². The average Bonchev–Trinajstić information content (AvgIpc) is 3.02. The molecule has 1 amide bonds. The van der Waals surface area contributed by atoms with Gasteiger partial charge in [0.15, 0.2) is 11.5 Å². The van der Waals surface area contributed by atoms with E-state index >= 15 is 0 Å². The molecule has 2 heterocycles. The number of nitrogens with one attached hydrogen (secondary N) is 1. The van der Waals surface area contributed by atoms with Crippen molar-refractivity contribution in [1.82, 2.24) is 10.2 Å². The van der Waals surface area contributed by atoms with Gasteiger partial charge >= 0.3 is 0 Å². The number of benzene rings is 1. The van der Waals surface area contributed by atoms with E-state index < -0.39 is 0 Å². The van der Waals surface area contributed by atoms with Crippen LogP contribution in [0.5, 0.6) is 11.5 Å². The highest BCUT2D eigenvalue weighted by Crippen LogP contribution is 2.39. The van der Waals surface area contributed by atoms with Crippen molar-refractivity contribution in [2.75, 3.05) is 39.6 Å². The highest BCUT2D eigenvalue weighted by atomic mass is 35.5. The van der Waals surface area contributed by atoms with Gasteiger partial charge in [-0.15, -0.1) is 0 Å². The minimum absolute atomic E-state index is 0.133. The molecule has 7 heteroatoms. The minimum atomic E-state index is -0.166. The summed E-state index contributed by atoms with van der Waals surface area (Å²) in [5.74, 6) is 0.846. The molecule has 1 atom stereocenters.